The maximum absolute atomic E-state index is 10.9. The van der Waals surface area contributed by atoms with E-state index in [-0.39, 0.29) is 5.70 Å². The van der Waals surface area contributed by atoms with Crippen LogP contribution in [0, 0.1) is 0 Å². The number of carboxylic acids is 1. The van der Waals surface area contributed by atoms with Crippen molar-refractivity contribution in [2.24, 2.45) is 0 Å². The molecule has 0 saturated carbocycles. The number of carbonyl (C=O) groups excluding carboxylic acids is 1. The Morgan fingerprint density at radius 3 is 2.38 bits per heavy atom. The van der Waals surface area contributed by atoms with Crippen LogP contribution in [0.3, 0.4) is 0 Å². The summed E-state index contributed by atoms with van der Waals surface area (Å²) >= 11 is 0. The lowest BCUT2D eigenvalue weighted by Crippen LogP contribution is -2.29. The highest BCUT2D eigenvalue weighted by Gasteiger charge is 2.10. The number of amides is 1. The molecule has 1 amide bonds. The van der Waals surface area contributed by atoms with Crippen molar-refractivity contribution in [3.05, 3.63) is 41.6 Å². The first kappa shape index (κ1) is 11.9. The third-order valence-electron chi connectivity index (χ3n) is 1.76. The fourth-order valence-corrected chi connectivity index (χ4v) is 1.06. The lowest BCUT2D eigenvalue weighted by Gasteiger charge is -2.03. The second-order valence-electron chi connectivity index (χ2n) is 2.98. The van der Waals surface area contributed by atoms with Crippen molar-refractivity contribution < 1.29 is 19.8 Å². The number of aliphatic carboxylic acids is 1. The molecule has 0 fully saturated rings. The first-order valence-electron chi connectivity index (χ1n) is 4.54. The molecule has 16 heavy (non-hydrogen) atoms. The summed E-state index contributed by atoms with van der Waals surface area (Å²) in [6.45, 7) is -0.751. The normalized spacial score (nSPS) is 10.9. The fraction of sp³-hybridized carbons (Fsp3) is 0.0909. The zero-order valence-electron chi connectivity index (χ0n) is 8.38. The van der Waals surface area contributed by atoms with Crippen molar-refractivity contribution in [2.45, 2.75) is 0 Å². The third kappa shape index (κ3) is 3.55. The maximum Gasteiger partial charge on any atom is 0.352 e. The minimum atomic E-state index is -1.26. The van der Waals surface area contributed by atoms with E-state index in [2.05, 4.69) is 5.32 Å². The lowest BCUT2D eigenvalue weighted by atomic mass is 10.2. The van der Waals surface area contributed by atoms with Gasteiger partial charge >= 0.3 is 5.97 Å². The molecule has 0 heterocycles. The molecule has 0 aliphatic carbocycles. The zero-order valence-corrected chi connectivity index (χ0v) is 8.38. The van der Waals surface area contributed by atoms with Crippen molar-refractivity contribution >= 4 is 18.0 Å². The molecule has 0 aliphatic rings. The Bertz CT molecular complexity index is 411. The summed E-state index contributed by atoms with van der Waals surface area (Å²) in [5.74, 6) is -2.02. The summed E-state index contributed by atoms with van der Waals surface area (Å²) < 4.78 is 0. The average Bonchev–Trinajstić information content (AvgIpc) is 2.29. The highest BCUT2D eigenvalue weighted by Crippen LogP contribution is 2.04. The van der Waals surface area contributed by atoms with Gasteiger partial charge < -0.3 is 15.5 Å². The molecule has 5 nitrogen and oxygen atoms in total. The van der Waals surface area contributed by atoms with Gasteiger partial charge in [0, 0.05) is 0 Å². The third-order valence-corrected chi connectivity index (χ3v) is 1.76. The smallest absolute Gasteiger partial charge is 0.352 e. The maximum atomic E-state index is 10.9. The predicted octanol–water partition coefficient (Wildman–Crippen LogP) is 0.221. The molecule has 84 valence electrons. The van der Waals surface area contributed by atoms with Crippen molar-refractivity contribution in [2.75, 3.05) is 6.61 Å². The number of hydrogen-bond donors (Lipinski definition) is 3. The van der Waals surface area contributed by atoms with Crippen LogP contribution in [0.4, 0.5) is 0 Å². The van der Waals surface area contributed by atoms with E-state index in [1.54, 1.807) is 30.3 Å². The van der Waals surface area contributed by atoms with Crippen LogP contribution in [0.25, 0.3) is 6.08 Å². The number of hydrogen-bond acceptors (Lipinski definition) is 3. The topological polar surface area (TPSA) is 86.6 Å². The van der Waals surface area contributed by atoms with E-state index in [0.717, 1.165) is 0 Å². The van der Waals surface area contributed by atoms with Crippen molar-refractivity contribution in [3.8, 4) is 0 Å². The largest absolute Gasteiger partial charge is 0.477 e. The predicted molar refractivity (Wildman–Crippen MR) is 57.3 cm³/mol. The average molecular weight is 221 g/mol. The summed E-state index contributed by atoms with van der Waals surface area (Å²) in [4.78, 5) is 21.6. The number of nitrogens with one attached hydrogen (secondary N) is 1. The van der Waals surface area contributed by atoms with Gasteiger partial charge in [-0.3, -0.25) is 4.79 Å². The molecule has 0 radical (unpaired) electrons. The fourth-order valence-electron chi connectivity index (χ4n) is 1.06. The Kier molecular flexibility index (Phi) is 4.23. The van der Waals surface area contributed by atoms with Gasteiger partial charge in [0.1, 0.15) is 12.3 Å². The molecule has 0 aliphatic heterocycles. The standard InChI is InChI=1S/C11H11NO4/c13-7-10(14)12-9(11(15)16)6-8-4-2-1-3-5-8/h1-6,13H,7H2,(H,12,14)(H,15,16)/b9-6-. The first-order valence-corrected chi connectivity index (χ1v) is 4.54. The van der Waals surface area contributed by atoms with Gasteiger partial charge in [-0.2, -0.15) is 0 Å². The Balaban J connectivity index is 2.90. The van der Waals surface area contributed by atoms with Crippen LogP contribution in [0.2, 0.25) is 0 Å². The van der Waals surface area contributed by atoms with Gasteiger partial charge in [-0.1, -0.05) is 30.3 Å². The SMILES string of the molecule is O=C(CO)N/C(=C\c1ccccc1)C(=O)O. The lowest BCUT2D eigenvalue weighted by molar-refractivity contribution is -0.134. The van der Waals surface area contributed by atoms with Crippen LogP contribution >= 0.6 is 0 Å². The number of carbonyl (C=O) groups is 2. The monoisotopic (exact) mass is 221 g/mol. The van der Waals surface area contributed by atoms with E-state index >= 15 is 0 Å². The second kappa shape index (κ2) is 5.67. The minimum absolute atomic E-state index is 0.273. The number of rotatable bonds is 4. The number of aliphatic hydroxyl groups is 1. The quantitative estimate of drug-likeness (QED) is 0.635. The van der Waals surface area contributed by atoms with Crippen LogP contribution in [-0.2, 0) is 9.59 Å². The van der Waals surface area contributed by atoms with Gasteiger partial charge in [0.05, 0.1) is 0 Å². The van der Waals surface area contributed by atoms with Gasteiger partial charge in [-0.25, -0.2) is 4.79 Å². The van der Waals surface area contributed by atoms with Crippen molar-refractivity contribution in [3.63, 3.8) is 0 Å². The van der Waals surface area contributed by atoms with Crippen LogP contribution in [-0.4, -0.2) is 28.7 Å². The summed E-state index contributed by atoms with van der Waals surface area (Å²) in [5, 5.41) is 19.4. The number of benzene rings is 1. The number of aliphatic hydroxyl groups excluding tert-OH is 1. The molecule has 0 saturated heterocycles. The van der Waals surface area contributed by atoms with Gasteiger partial charge in [0.15, 0.2) is 0 Å². The number of carboxylic acid groups (broad SMARTS) is 1. The molecule has 3 N–H and O–H groups in total. The summed E-state index contributed by atoms with van der Waals surface area (Å²) in [7, 11) is 0. The van der Waals surface area contributed by atoms with Crippen LogP contribution < -0.4 is 5.32 Å². The zero-order chi connectivity index (χ0) is 12.0. The summed E-state index contributed by atoms with van der Waals surface area (Å²) in [6, 6.07) is 8.70. The minimum Gasteiger partial charge on any atom is -0.477 e. The second-order valence-corrected chi connectivity index (χ2v) is 2.98. The molecule has 0 atom stereocenters. The molecule has 0 spiro atoms. The highest BCUT2D eigenvalue weighted by atomic mass is 16.4. The summed E-state index contributed by atoms with van der Waals surface area (Å²) in [6.07, 6.45) is 1.32. The van der Waals surface area contributed by atoms with Gasteiger partial charge in [-0.15, -0.1) is 0 Å². The van der Waals surface area contributed by atoms with Crippen molar-refractivity contribution in [1.29, 1.82) is 0 Å². The van der Waals surface area contributed by atoms with E-state index in [0.29, 0.717) is 5.56 Å². The summed E-state index contributed by atoms with van der Waals surface area (Å²) in [5.41, 5.74) is 0.378. The Morgan fingerprint density at radius 2 is 1.88 bits per heavy atom. The van der Waals surface area contributed by atoms with E-state index in [1.165, 1.54) is 6.08 Å². The van der Waals surface area contributed by atoms with Crippen LogP contribution in [0.1, 0.15) is 5.56 Å². The van der Waals surface area contributed by atoms with Gasteiger partial charge in [0.25, 0.3) is 0 Å². The molecular formula is C11H11NO4. The van der Waals surface area contributed by atoms with Gasteiger partial charge in [0.2, 0.25) is 5.91 Å². The van der Waals surface area contributed by atoms with Crippen LogP contribution in [0.15, 0.2) is 36.0 Å². The van der Waals surface area contributed by atoms with E-state index in [9.17, 15) is 9.59 Å². The molecule has 0 bridgehead atoms. The van der Waals surface area contributed by atoms with E-state index < -0.39 is 18.5 Å². The Hall–Kier alpha value is -2.14. The Labute approximate surface area is 92.0 Å². The molecule has 0 aromatic heterocycles. The van der Waals surface area contributed by atoms with Crippen LogP contribution in [0.5, 0.6) is 0 Å². The molecular weight excluding hydrogens is 210 g/mol. The van der Waals surface area contributed by atoms with E-state index in [4.69, 9.17) is 10.2 Å². The molecule has 1 aromatic carbocycles. The highest BCUT2D eigenvalue weighted by molar-refractivity contribution is 5.97. The molecule has 5 heteroatoms. The van der Waals surface area contributed by atoms with Gasteiger partial charge in [-0.05, 0) is 11.6 Å². The molecule has 0 unspecified atom stereocenters. The van der Waals surface area contributed by atoms with Crippen molar-refractivity contribution in [1.82, 2.24) is 5.32 Å². The molecule has 1 rings (SSSR count). The first-order chi connectivity index (χ1) is 7.63. The molecule has 1 aromatic rings. The van der Waals surface area contributed by atoms with E-state index in [1.807, 2.05) is 0 Å². The Morgan fingerprint density at radius 1 is 1.25 bits per heavy atom.